The fourth-order valence-corrected chi connectivity index (χ4v) is 0.777. The molecule has 2 nitrogen and oxygen atoms in total. The molecule has 4 N–H and O–H groups in total. The Kier molecular flexibility index (Phi) is 7.85. The summed E-state index contributed by atoms with van der Waals surface area (Å²) in [7, 11) is 2.12. The molecule has 0 saturated carbocycles. The fraction of sp³-hybridized carbons (Fsp3) is 1.00. The molecule has 0 aromatic rings. The van der Waals surface area contributed by atoms with Gasteiger partial charge in [-0.1, -0.05) is 13.3 Å². The van der Waals surface area contributed by atoms with E-state index in [1.165, 1.54) is 32.5 Å². The molecule has 0 aliphatic heterocycles. The minimum atomic E-state index is 1.25. The summed E-state index contributed by atoms with van der Waals surface area (Å²) >= 11 is 0. The number of rotatable bonds is 6. The number of unbranched alkanes of at least 4 members (excludes halogenated alkanes) is 1. The maximum atomic E-state index is 2.39. The van der Waals surface area contributed by atoms with Crippen molar-refractivity contribution in [1.82, 2.24) is 0 Å². The minimum absolute atomic E-state index is 1.25. The summed E-state index contributed by atoms with van der Waals surface area (Å²) in [6.07, 6.45) is 2.69. The smallest absolute Gasteiger partial charge is 0.125 e. The van der Waals surface area contributed by atoms with Crippen molar-refractivity contribution in [2.45, 2.75) is 19.8 Å². The van der Waals surface area contributed by atoms with Gasteiger partial charge in [-0.05, 0) is 6.42 Å². The number of nitrogens with two attached hydrogens (primary N) is 2. The molecule has 56 valence electrons. The molecule has 0 atom stereocenters. The first-order valence-corrected chi connectivity index (χ1v) is 4.01. The van der Waals surface area contributed by atoms with Gasteiger partial charge in [0, 0.05) is 0 Å². The molecule has 0 bridgehead atoms. The average Bonchev–Trinajstić information content (AvgIpc) is 1.89. The highest BCUT2D eigenvalue weighted by Gasteiger charge is 1.88. The number of hydrogen-bond acceptors (Lipinski definition) is 0. The first-order valence-electron chi connectivity index (χ1n) is 4.01. The lowest BCUT2D eigenvalue weighted by Gasteiger charge is -1.96. The van der Waals surface area contributed by atoms with E-state index in [1.807, 2.05) is 0 Å². The number of quaternary nitrogens is 2. The third-order valence-electron chi connectivity index (χ3n) is 1.42. The summed E-state index contributed by atoms with van der Waals surface area (Å²) < 4.78 is 0. The highest BCUT2D eigenvalue weighted by molar-refractivity contribution is 4.25. The van der Waals surface area contributed by atoms with Gasteiger partial charge in [-0.15, -0.1) is 0 Å². The molecule has 0 rings (SSSR count). The third-order valence-corrected chi connectivity index (χ3v) is 1.42. The van der Waals surface area contributed by atoms with E-state index in [9.17, 15) is 0 Å². The van der Waals surface area contributed by atoms with Gasteiger partial charge in [-0.2, -0.15) is 0 Å². The van der Waals surface area contributed by atoms with Gasteiger partial charge in [0.2, 0.25) is 0 Å². The second-order valence-electron chi connectivity index (χ2n) is 2.42. The Morgan fingerprint density at radius 3 is 2.44 bits per heavy atom. The molecule has 0 spiro atoms. The van der Waals surface area contributed by atoms with Crippen molar-refractivity contribution in [2.24, 2.45) is 0 Å². The van der Waals surface area contributed by atoms with Gasteiger partial charge in [0.1, 0.15) is 13.1 Å². The van der Waals surface area contributed by atoms with E-state index in [1.54, 1.807) is 0 Å². The van der Waals surface area contributed by atoms with Crippen LogP contribution in [0.2, 0.25) is 0 Å². The van der Waals surface area contributed by atoms with Crippen molar-refractivity contribution in [3.05, 3.63) is 0 Å². The van der Waals surface area contributed by atoms with Crippen LogP contribution in [-0.2, 0) is 0 Å². The third kappa shape index (κ3) is 7.92. The summed E-state index contributed by atoms with van der Waals surface area (Å²) in [4.78, 5) is 0. The molecular weight excluding hydrogens is 112 g/mol. The Morgan fingerprint density at radius 1 is 1.11 bits per heavy atom. The van der Waals surface area contributed by atoms with Crippen LogP contribution in [-0.4, -0.2) is 26.7 Å². The summed E-state index contributed by atoms with van der Waals surface area (Å²) in [6.45, 7) is 6.07. The molecule has 0 saturated heterocycles. The summed E-state index contributed by atoms with van der Waals surface area (Å²) in [5, 5.41) is 4.62. The Bertz CT molecular complexity index is 40.2. The van der Waals surface area contributed by atoms with Crippen LogP contribution in [0.4, 0.5) is 0 Å². The summed E-state index contributed by atoms with van der Waals surface area (Å²) in [5.74, 6) is 0. The van der Waals surface area contributed by atoms with Crippen molar-refractivity contribution < 1.29 is 10.6 Å². The molecule has 9 heavy (non-hydrogen) atoms. The molecule has 2 heteroatoms. The van der Waals surface area contributed by atoms with E-state index in [0.29, 0.717) is 0 Å². The molecule has 0 aromatic heterocycles. The number of likely N-dealkylation sites (N-methyl/N-ethyl adjacent to an activating group) is 1. The zero-order chi connectivity index (χ0) is 6.95. The quantitative estimate of drug-likeness (QED) is 0.414. The molecular formula is C7H20N2+2. The van der Waals surface area contributed by atoms with Crippen LogP contribution < -0.4 is 10.6 Å². The van der Waals surface area contributed by atoms with E-state index >= 15 is 0 Å². The molecule has 0 heterocycles. The van der Waals surface area contributed by atoms with Crippen LogP contribution in [0.5, 0.6) is 0 Å². The van der Waals surface area contributed by atoms with E-state index in [0.717, 1.165) is 0 Å². The zero-order valence-corrected chi connectivity index (χ0v) is 6.69. The second kappa shape index (κ2) is 7.92. The van der Waals surface area contributed by atoms with E-state index < -0.39 is 0 Å². The predicted octanol–water partition coefficient (Wildman–Crippen LogP) is -1.46. The van der Waals surface area contributed by atoms with Crippen LogP contribution in [0.3, 0.4) is 0 Å². The van der Waals surface area contributed by atoms with Gasteiger partial charge in [0.15, 0.2) is 0 Å². The Hall–Kier alpha value is -0.0800. The Balaban J connectivity index is 2.60. The lowest BCUT2D eigenvalue weighted by molar-refractivity contribution is -0.712. The van der Waals surface area contributed by atoms with Gasteiger partial charge >= 0.3 is 0 Å². The van der Waals surface area contributed by atoms with Crippen molar-refractivity contribution in [3.8, 4) is 0 Å². The van der Waals surface area contributed by atoms with E-state index in [-0.39, 0.29) is 0 Å². The van der Waals surface area contributed by atoms with E-state index in [4.69, 9.17) is 0 Å². The largest absolute Gasteiger partial charge is 0.344 e. The summed E-state index contributed by atoms with van der Waals surface area (Å²) in [6, 6.07) is 0. The normalized spacial score (nSPS) is 10.0. The summed E-state index contributed by atoms with van der Waals surface area (Å²) in [5.41, 5.74) is 0. The number of hydrogen-bond donors (Lipinski definition) is 2. The molecule has 0 fully saturated rings. The minimum Gasteiger partial charge on any atom is -0.344 e. The highest BCUT2D eigenvalue weighted by Crippen LogP contribution is 1.76. The second-order valence-corrected chi connectivity index (χ2v) is 2.42. The maximum Gasteiger partial charge on any atom is 0.125 e. The Labute approximate surface area is 58.0 Å². The van der Waals surface area contributed by atoms with Gasteiger partial charge < -0.3 is 10.6 Å². The maximum absolute atomic E-state index is 2.39. The van der Waals surface area contributed by atoms with Crippen LogP contribution in [0.15, 0.2) is 0 Å². The standard InChI is InChI=1S/C7H18N2/c1-3-4-5-9-7-6-8-2/h8-9H,3-7H2,1-2H3/p+2. The van der Waals surface area contributed by atoms with Gasteiger partial charge in [-0.3, -0.25) is 0 Å². The highest BCUT2D eigenvalue weighted by atomic mass is 14.9. The van der Waals surface area contributed by atoms with Crippen molar-refractivity contribution in [1.29, 1.82) is 0 Å². The zero-order valence-electron chi connectivity index (χ0n) is 6.69. The van der Waals surface area contributed by atoms with Crippen LogP contribution in [0.1, 0.15) is 19.8 Å². The van der Waals surface area contributed by atoms with Crippen molar-refractivity contribution in [2.75, 3.05) is 26.7 Å². The topological polar surface area (TPSA) is 33.2 Å². The SMILES string of the molecule is CCCC[NH2+]CC[NH2+]C. The van der Waals surface area contributed by atoms with Crippen molar-refractivity contribution in [3.63, 3.8) is 0 Å². The molecule has 0 aliphatic rings. The first-order chi connectivity index (χ1) is 4.41. The van der Waals surface area contributed by atoms with Crippen LogP contribution >= 0.6 is 0 Å². The molecule has 0 amide bonds. The van der Waals surface area contributed by atoms with Crippen LogP contribution in [0.25, 0.3) is 0 Å². The fourth-order valence-electron chi connectivity index (χ4n) is 0.777. The molecule has 0 radical (unpaired) electrons. The lowest BCUT2D eigenvalue weighted by atomic mass is 10.3. The average molecular weight is 132 g/mol. The molecule has 0 aromatic carbocycles. The predicted molar refractivity (Wildman–Crippen MR) is 39.3 cm³/mol. The van der Waals surface area contributed by atoms with Crippen molar-refractivity contribution >= 4 is 0 Å². The van der Waals surface area contributed by atoms with Gasteiger partial charge in [-0.25, -0.2) is 0 Å². The lowest BCUT2D eigenvalue weighted by Crippen LogP contribution is -2.93. The monoisotopic (exact) mass is 132 g/mol. The molecule has 0 unspecified atom stereocenters. The van der Waals surface area contributed by atoms with Gasteiger partial charge in [0.05, 0.1) is 13.6 Å². The van der Waals surface area contributed by atoms with Gasteiger partial charge in [0.25, 0.3) is 0 Å². The van der Waals surface area contributed by atoms with E-state index in [2.05, 4.69) is 24.6 Å². The van der Waals surface area contributed by atoms with Crippen LogP contribution in [0, 0.1) is 0 Å². The Morgan fingerprint density at radius 2 is 1.89 bits per heavy atom. The molecule has 0 aliphatic carbocycles. The first kappa shape index (κ1) is 8.92.